The average molecular weight is 269 g/mol. The molecule has 2 rings (SSSR count). The van der Waals surface area contributed by atoms with Crippen molar-refractivity contribution >= 4 is 11.9 Å². The van der Waals surface area contributed by atoms with Crippen molar-refractivity contribution in [3.63, 3.8) is 0 Å². The summed E-state index contributed by atoms with van der Waals surface area (Å²) in [6, 6.07) is -0.898. The van der Waals surface area contributed by atoms with E-state index in [1.54, 1.807) is 6.20 Å². The summed E-state index contributed by atoms with van der Waals surface area (Å²) >= 11 is 0. The van der Waals surface area contributed by atoms with Crippen molar-refractivity contribution < 1.29 is 14.7 Å². The number of nitrogens with zero attached hydrogens (tertiary/aromatic N) is 1. The molecule has 1 aromatic rings. The monoisotopic (exact) mass is 269 g/mol. The van der Waals surface area contributed by atoms with Gasteiger partial charge in [-0.2, -0.15) is 0 Å². The number of hydrogen-bond acceptors (Lipinski definition) is 5. The SMILES string of the molecule is NC(=O)C1CCCN1.NC(Cc1cnc[nH]1)C(=O)O. The minimum absolute atomic E-state index is 0.0463. The van der Waals surface area contributed by atoms with Crippen molar-refractivity contribution in [2.75, 3.05) is 6.54 Å². The highest BCUT2D eigenvalue weighted by Crippen LogP contribution is 2.02. The fourth-order valence-corrected chi connectivity index (χ4v) is 1.65. The first-order chi connectivity index (χ1) is 9.00. The molecule has 8 heteroatoms. The van der Waals surface area contributed by atoms with Crippen LogP contribution >= 0.6 is 0 Å². The Morgan fingerprint density at radius 2 is 2.32 bits per heavy atom. The van der Waals surface area contributed by atoms with E-state index in [-0.39, 0.29) is 18.4 Å². The summed E-state index contributed by atoms with van der Waals surface area (Å²) < 4.78 is 0. The standard InChI is InChI=1S/C6H9N3O2.C5H10N2O/c7-5(6(10)11)1-4-2-8-3-9-4;6-5(8)4-2-1-3-7-4/h2-3,5H,1,7H2,(H,8,9)(H,10,11);4,7H,1-3H2,(H2,6,8). The van der Waals surface area contributed by atoms with Crippen molar-refractivity contribution in [3.8, 4) is 0 Å². The number of amides is 1. The summed E-state index contributed by atoms with van der Waals surface area (Å²) in [6.07, 6.45) is 5.32. The van der Waals surface area contributed by atoms with Crippen molar-refractivity contribution in [3.05, 3.63) is 18.2 Å². The molecule has 106 valence electrons. The molecule has 2 atom stereocenters. The second-order valence-electron chi connectivity index (χ2n) is 4.28. The second kappa shape index (κ2) is 7.49. The Balaban J connectivity index is 0.000000200. The molecule has 2 unspecified atom stereocenters. The number of aromatic amines is 1. The fraction of sp³-hybridized carbons (Fsp3) is 0.545. The Kier molecular flexibility index (Phi) is 5.97. The number of nitrogens with two attached hydrogens (primary N) is 2. The number of rotatable bonds is 4. The van der Waals surface area contributed by atoms with E-state index in [4.69, 9.17) is 16.6 Å². The van der Waals surface area contributed by atoms with Gasteiger partial charge in [0.2, 0.25) is 5.91 Å². The maximum atomic E-state index is 10.4. The van der Waals surface area contributed by atoms with Crippen LogP contribution in [-0.2, 0) is 16.0 Å². The number of primary amides is 1. The molecule has 1 fully saturated rings. The van der Waals surface area contributed by atoms with E-state index in [1.165, 1.54) is 6.33 Å². The van der Waals surface area contributed by atoms with Gasteiger partial charge in [-0.15, -0.1) is 0 Å². The largest absolute Gasteiger partial charge is 0.480 e. The van der Waals surface area contributed by atoms with Crippen LogP contribution in [-0.4, -0.2) is 45.6 Å². The number of carboxylic acid groups (broad SMARTS) is 1. The van der Waals surface area contributed by atoms with Crippen LogP contribution in [0.3, 0.4) is 0 Å². The third kappa shape index (κ3) is 5.49. The molecule has 8 nitrogen and oxygen atoms in total. The van der Waals surface area contributed by atoms with Crippen LogP contribution in [0.1, 0.15) is 18.5 Å². The Morgan fingerprint density at radius 1 is 1.58 bits per heavy atom. The van der Waals surface area contributed by atoms with Crippen molar-refractivity contribution in [1.82, 2.24) is 15.3 Å². The van der Waals surface area contributed by atoms with Gasteiger partial charge in [-0.3, -0.25) is 9.59 Å². The molecule has 1 aromatic heterocycles. The molecule has 1 aliphatic heterocycles. The molecule has 0 aromatic carbocycles. The Bertz CT molecular complexity index is 400. The minimum Gasteiger partial charge on any atom is -0.480 e. The molecule has 0 saturated carbocycles. The quantitative estimate of drug-likeness (QED) is 0.453. The van der Waals surface area contributed by atoms with Crippen LogP contribution in [0, 0.1) is 0 Å². The maximum absolute atomic E-state index is 10.4. The lowest BCUT2D eigenvalue weighted by Gasteiger charge is -2.02. The summed E-state index contributed by atoms with van der Waals surface area (Å²) in [5.74, 6) is -1.22. The third-order valence-electron chi connectivity index (χ3n) is 2.72. The lowest BCUT2D eigenvalue weighted by Crippen LogP contribution is -2.36. The number of carboxylic acids is 1. The van der Waals surface area contributed by atoms with Crippen LogP contribution < -0.4 is 16.8 Å². The van der Waals surface area contributed by atoms with E-state index < -0.39 is 12.0 Å². The number of imidazole rings is 1. The molecule has 0 radical (unpaired) electrons. The van der Waals surface area contributed by atoms with E-state index in [2.05, 4.69) is 15.3 Å². The minimum atomic E-state index is -1.00. The first-order valence-electron chi connectivity index (χ1n) is 5.99. The highest BCUT2D eigenvalue weighted by molar-refractivity contribution is 5.80. The molecule has 2 heterocycles. The molecular formula is C11H19N5O3. The molecule has 0 spiro atoms. The predicted molar refractivity (Wildman–Crippen MR) is 68.1 cm³/mol. The molecular weight excluding hydrogens is 250 g/mol. The first kappa shape index (κ1) is 15.1. The smallest absolute Gasteiger partial charge is 0.320 e. The lowest BCUT2D eigenvalue weighted by molar-refractivity contribution is -0.138. The molecule has 0 aliphatic carbocycles. The number of carbonyl (C=O) groups excluding carboxylic acids is 1. The van der Waals surface area contributed by atoms with Gasteiger partial charge < -0.3 is 26.9 Å². The number of aliphatic carboxylic acids is 1. The summed E-state index contributed by atoms with van der Waals surface area (Å²) in [5, 5.41) is 11.4. The third-order valence-corrected chi connectivity index (χ3v) is 2.72. The predicted octanol–water partition coefficient (Wildman–Crippen LogP) is -1.41. The highest BCUT2D eigenvalue weighted by Gasteiger charge is 2.18. The van der Waals surface area contributed by atoms with Crippen LogP contribution in [0.2, 0.25) is 0 Å². The Morgan fingerprint density at radius 3 is 2.68 bits per heavy atom. The zero-order valence-electron chi connectivity index (χ0n) is 10.5. The molecule has 1 amide bonds. The topological polar surface area (TPSA) is 147 Å². The lowest BCUT2D eigenvalue weighted by atomic mass is 10.2. The summed E-state index contributed by atoms with van der Waals surface area (Å²) in [5.41, 5.74) is 11.0. The van der Waals surface area contributed by atoms with Crippen molar-refractivity contribution in [1.29, 1.82) is 0 Å². The summed E-state index contributed by atoms with van der Waals surface area (Å²) in [6.45, 7) is 0.938. The van der Waals surface area contributed by atoms with Gasteiger partial charge in [0.05, 0.1) is 12.4 Å². The van der Waals surface area contributed by atoms with Gasteiger partial charge in [0.15, 0.2) is 0 Å². The molecule has 1 aliphatic rings. The number of nitrogens with one attached hydrogen (secondary N) is 2. The molecule has 7 N–H and O–H groups in total. The number of aromatic nitrogens is 2. The first-order valence-corrected chi connectivity index (χ1v) is 5.99. The maximum Gasteiger partial charge on any atom is 0.320 e. The van der Waals surface area contributed by atoms with Crippen LogP contribution in [0.4, 0.5) is 0 Å². The molecule has 0 bridgehead atoms. The molecule has 1 saturated heterocycles. The van der Waals surface area contributed by atoms with Gasteiger partial charge in [-0.1, -0.05) is 0 Å². The number of carbonyl (C=O) groups is 2. The normalized spacial score (nSPS) is 19.3. The van der Waals surface area contributed by atoms with Gasteiger partial charge in [-0.05, 0) is 19.4 Å². The average Bonchev–Trinajstić information content (AvgIpc) is 3.02. The van der Waals surface area contributed by atoms with E-state index in [9.17, 15) is 9.59 Å². The van der Waals surface area contributed by atoms with Gasteiger partial charge >= 0.3 is 5.97 Å². The van der Waals surface area contributed by atoms with Gasteiger partial charge in [0, 0.05) is 18.3 Å². The van der Waals surface area contributed by atoms with Crippen LogP contribution in [0.15, 0.2) is 12.5 Å². The van der Waals surface area contributed by atoms with E-state index in [0.717, 1.165) is 25.1 Å². The second-order valence-corrected chi connectivity index (χ2v) is 4.28. The summed E-state index contributed by atoms with van der Waals surface area (Å²) in [7, 11) is 0. The van der Waals surface area contributed by atoms with Crippen LogP contribution in [0.5, 0.6) is 0 Å². The highest BCUT2D eigenvalue weighted by atomic mass is 16.4. The van der Waals surface area contributed by atoms with Crippen LogP contribution in [0.25, 0.3) is 0 Å². The van der Waals surface area contributed by atoms with Gasteiger partial charge in [0.25, 0.3) is 0 Å². The Labute approximate surface area is 110 Å². The van der Waals surface area contributed by atoms with Gasteiger partial charge in [0.1, 0.15) is 6.04 Å². The van der Waals surface area contributed by atoms with Gasteiger partial charge in [-0.25, -0.2) is 4.98 Å². The number of hydrogen-bond donors (Lipinski definition) is 5. The van der Waals surface area contributed by atoms with E-state index in [1.807, 2.05) is 0 Å². The number of H-pyrrole nitrogens is 1. The van der Waals surface area contributed by atoms with E-state index in [0.29, 0.717) is 0 Å². The summed E-state index contributed by atoms with van der Waals surface area (Å²) in [4.78, 5) is 27.1. The zero-order chi connectivity index (χ0) is 14.3. The van der Waals surface area contributed by atoms with E-state index >= 15 is 0 Å². The fourth-order valence-electron chi connectivity index (χ4n) is 1.65. The zero-order valence-corrected chi connectivity index (χ0v) is 10.5. The molecule has 19 heavy (non-hydrogen) atoms. The van der Waals surface area contributed by atoms with Crippen molar-refractivity contribution in [2.24, 2.45) is 11.5 Å². The Hall–Kier alpha value is -1.93. The van der Waals surface area contributed by atoms with Crippen molar-refractivity contribution in [2.45, 2.75) is 31.3 Å².